The summed E-state index contributed by atoms with van der Waals surface area (Å²) in [6.07, 6.45) is -2.44. The van der Waals surface area contributed by atoms with Crippen LogP contribution in [-0.4, -0.2) is 61.0 Å². The van der Waals surface area contributed by atoms with Crippen molar-refractivity contribution in [1.82, 2.24) is 15.1 Å². The van der Waals surface area contributed by atoms with Gasteiger partial charge < -0.3 is 15.1 Å². The summed E-state index contributed by atoms with van der Waals surface area (Å²) in [5.74, 6) is 0. The zero-order valence-electron chi connectivity index (χ0n) is 7.75. The first-order valence-electron chi connectivity index (χ1n) is 4.73. The maximum atomic E-state index is 12.1. The Kier molecular flexibility index (Phi) is 2.54. The predicted molar refractivity (Wildman–Crippen MR) is 46.3 cm³/mol. The summed E-state index contributed by atoms with van der Waals surface area (Å²) in [5.41, 5.74) is 0. The first-order valence-corrected chi connectivity index (χ1v) is 4.73. The number of alkyl halides is 2. The van der Waals surface area contributed by atoms with Crippen molar-refractivity contribution in [3.8, 4) is 0 Å². The second kappa shape index (κ2) is 3.68. The van der Waals surface area contributed by atoms with Gasteiger partial charge in [0.2, 0.25) is 0 Å². The van der Waals surface area contributed by atoms with E-state index in [2.05, 4.69) is 5.32 Å². The molecule has 1 atom stereocenters. The Balaban J connectivity index is 1.99. The van der Waals surface area contributed by atoms with Gasteiger partial charge in [-0.15, -0.1) is 0 Å². The molecule has 4 nitrogen and oxygen atoms in total. The number of carbonyl (C=O) groups is 1. The van der Waals surface area contributed by atoms with E-state index < -0.39 is 13.0 Å². The molecule has 0 aromatic carbocycles. The molecule has 0 radical (unpaired) electrons. The third-order valence-corrected chi connectivity index (χ3v) is 2.66. The number of nitrogens with one attached hydrogen (secondary N) is 1. The standard InChI is InChI=1S/C8H13F2N3O/c9-7(10)5-12-4-6-3-11-1-2-13(6)8(12)14/h6-7,11H,1-5H2/t6-/m1/s1. The lowest BCUT2D eigenvalue weighted by Gasteiger charge is -2.28. The van der Waals surface area contributed by atoms with Crippen molar-refractivity contribution in [2.45, 2.75) is 12.5 Å². The van der Waals surface area contributed by atoms with Crippen LogP contribution in [-0.2, 0) is 0 Å². The zero-order valence-corrected chi connectivity index (χ0v) is 7.75. The van der Waals surface area contributed by atoms with Gasteiger partial charge in [-0.2, -0.15) is 0 Å². The van der Waals surface area contributed by atoms with Crippen molar-refractivity contribution in [2.75, 3.05) is 32.7 Å². The number of rotatable bonds is 2. The highest BCUT2D eigenvalue weighted by molar-refractivity contribution is 5.77. The Morgan fingerprint density at radius 1 is 1.57 bits per heavy atom. The van der Waals surface area contributed by atoms with E-state index in [1.165, 1.54) is 4.90 Å². The Hall–Kier alpha value is -0.910. The molecule has 0 bridgehead atoms. The first kappa shape index (κ1) is 9.64. The van der Waals surface area contributed by atoms with Gasteiger partial charge in [0, 0.05) is 26.2 Å². The number of carbonyl (C=O) groups excluding carboxylic acids is 1. The molecule has 2 aliphatic heterocycles. The minimum atomic E-state index is -2.44. The van der Waals surface area contributed by atoms with Crippen LogP contribution < -0.4 is 5.32 Å². The monoisotopic (exact) mass is 205 g/mol. The second-order valence-corrected chi connectivity index (χ2v) is 3.63. The van der Waals surface area contributed by atoms with Crippen molar-refractivity contribution >= 4 is 6.03 Å². The first-order chi connectivity index (χ1) is 6.68. The third kappa shape index (κ3) is 1.66. The smallest absolute Gasteiger partial charge is 0.317 e. The Labute approximate surface area is 80.8 Å². The fraction of sp³-hybridized carbons (Fsp3) is 0.875. The molecule has 1 N–H and O–H groups in total. The van der Waals surface area contributed by atoms with Gasteiger partial charge in [-0.05, 0) is 0 Å². The van der Waals surface area contributed by atoms with Crippen LogP contribution in [0.25, 0.3) is 0 Å². The number of urea groups is 1. The summed E-state index contributed by atoms with van der Waals surface area (Å²) in [7, 11) is 0. The van der Waals surface area contributed by atoms with Crippen LogP contribution in [0, 0.1) is 0 Å². The van der Waals surface area contributed by atoms with E-state index in [9.17, 15) is 13.6 Å². The molecule has 0 aromatic rings. The van der Waals surface area contributed by atoms with Gasteiger partial charge in [-0.25, -0.2) is 13.6 Å². The average molecular weight is 205 g/mol. The molecule has 2 fully saturated rings. The fourth-order valence-electron chi connectivity index (χ4n) is 2.01. The molecule has 14 heavy (non-hydrogen) atoms. The Bertz CT molecular complexity index is 237. The molecule has 2 aliphatic rings. The summed E-state index contributed by atoms with van der Waals surface area (Å²) >= 11 is 0. The summed E-state index contributed by atoms with van der Waals surface area (Å²) < 4.78 is 24.2. The summed E-state index contributed by atoms with van der Waals surface area (Å²) in [6.45, 7) is 2.08. The number of hydrogen-bond donors (Lipinski definition) is 1. The van der Waals surface area contributed by atoms with Crippen molar-refractivity contribution in [3.05, 3.63) is 0 Å². The highest BCUT2D eigenvalue weighted by Crippen LogP contribution is 2.18. The second-order valence-electron chi connectivity index (χ2n) is 3.63. The molecule has 2 saturated heterocycles. The SMILES string of the molecule is O=C1N(CC(F)F)C[C@H]2CNCCN12. The van der Waals surface area contributed by atoms with Gasteiger partial charge in [0.05, 0.1) is 12.6 Å². The van der Waals surface area contributed by atoms with E-state index in [0.717, 1.165) is 6.54 Å². The van der Waals surface area contributed by atoms with Crippen LogP contribution >= 0.6 is 0 Å². The van der Waals surface area contributed by atoms with E-state index in [0.29, 0.717) is 19.6 Å². The average Bonchev–Trinajstić information content (AvgIpc) is 2.44. The molecule has 0 spiro atoms. The molecule has 2 rings (SSSR count). The van der Waals surface area contributed by atoms with Gasteiger partial charge >= 0.3 is 6.03 Å². The van der Waals surface area contributed by atoms with Gasteiger partial charge in [0.1, 0.15) is 0 Å². The third-order valence-electron chi connectivity index (χ3n) is 2.66. The molecule has 0 saturated carbocycles. The van der Waals surface area contributed by atoms with E-state index in [4.69, 9.17) is 0 Å². The summed E-state index contributed by atoms with van der Waals surface area (Å²) in [6, 6.07) is -0.160. The summed E-state index contributed by atoms with van der Waals surface area (Å²) in [5, 5.41) is 3.14. The van der Waals surface area contributed by atoms with Crippen molar-refractivity contribution in [1.29, 1.82) is 0 Å². The van der Waals surface area contributed by atoms with Gasteiger partial charge in [0.25, 0.3) is 6.43 Å². The lowest BCUT2D eigenvalue weighted by Crippen LogP contribution is -2.49. The van der Waals surface area contributed by atoms with Gasteiger partial charge in [-0.3, -0.25) is 0 Å². The number of piperazine rings is 1. The molecule has 2 amide bonds. The number of amides is 2. The van der Waals surface area contributed by atoms with Crippen LogP contribution in [0.5, 0.6) is 0 Å². The largest absolute Gasteiger partial charge is 0.320 e. The fourth-order valence-corrected chi connectivity index (χ4v) is 2.01. The molecular weight excluding hydrogens is 192 g/mol. The number of halogens is 2. The number of nitrogens with zero attached hydrogens (tertiary/aromatic N) is 2. The minimum Gasteiger partial charge on any atom is -0.317 e. The molecule has 2 heterocycles. The molecule has 0 unspecified atom stereocenters. The molecule has 6 heteroatoms. The predicted octanol–water partition coefficient (Wildman–Crippen LogP) is -0.0391. The van der Waals surface area contributed by atoms with E-state index in [1.54, 1.807) is 4.90 Å². The normalized spacial score (nSPS) is 27.4. The van der Waals surface area contributed by atoms with Crippen LogP contribution in [0.2, 0.25) is 0 Å². The van der Waals surface area contributed by atoms with E-state index in [-0.39, 0.29) is 12.1 Å². The summed E-state index contributed by atoms with van der Waals surface area (Å²) in [4.78, 5) is 14.5. The zero-order chi connectivity index (χ0) is 10.1. The lowest BCUT2D eigenvalue weighted by atomic mass is 10.2. The lowest BCUT2D eigenvalue weighted by molar-refractivity contribution is 0.105. The van der Waals surface area contributed by atoms with E-state index in [1.807, 2.05) is 0 Å². The molecule has 0 aliphatic carbocycles. The maximum Gasteiger partial charge on any atom is 0.320 e. The quantitative estimate of drug-likeness (QED) is 0.686. The van der Waals surface area contributed by atoms with Gasteiger partial charge in [-0.1, -0.05) is 0 Å². The van der Waals surface area contributed by atoms with Crippen LogP contribution in [0.3, 0.4) is 0 Å². The number of hydrogen-bond acceptors (Lipinski definition) is 2. The minimum absolute atomic E-state index is 0.0787. The molecule has 80 valence electrons. The van der Waals surface area contributed by atoms with Crippen molar-refractivity contribution in [3.63, 3.8) is 0 Å². The number of fused-ring (bicyclic) bond motifs is 1. The molecule has 0 aromatic heterocycles. The van der Waals surface area contributed by atoms with Crippen molar-refractivity contribution < 1.29 is 13.6 Å². The molecular formula is C8H13F2N3O. The van der Waals surface area contributed by atoms with Crippen LogP contribution in [0.4, 0.5) is 13.6 Å². The van der Waals surface area contributed by atoms with E-state index >= 15 is 0 Å². The Morgan fingerprint density at radius 3 is 3.00 bits per heavy atom. The highest BCUT2D eigenvalue weighted by atomic mass is 19.3. The topological polar surface area (TPSA) is 35.6 Å². The van der Waals surface area contributed by atoms with Crippen molar-refractivity contribution in [2.24, 2.45) is 0 Å². The van der Waals surface area contributed by atoms with Crippen LogP contribution in [0.1, 0.15) is 0 Å². The highest BCUT2D eigenvalue weighted by Gasteiger charge is 2.39. The maximum absolute atomic E-state index is 12.1. The van der Waals surface area contributed by atoms with Gasteiger partial charge in [0.15, 0.2) is 0 Å². The van der Waals surface area contributed by atoms with Crippen LogP contribution in [0.15, 0.2) is 0 Å². The Morgan fingerprint density at radius 2 is 2.36 bits per heavy atom.